The fourth-order valence-electron chi connectivity index (χ4n) is 4.55. The minimum Gasteiger partial charge on any atom is -0.491 e. The number of aromatic nitrogens is 2. The number of β-amino-alcohol motifs (C(OH)–C–C–N with tert-alkyl or cyclic N) is 1. The van der Waals surface area contributed by atoms with Gasteiger partial charge in [0.1, 0.15) is 18.5 Å². The minimum absolute atomic E-state index is 0.0289. The Morgan fingerprint density at radius 2 is 1.59 bits per heavy atom. The summed E-state index contributed by atoms with van der Waals surface area (Å²) in [6.07, 6.45) is -4.14. The summed E-state index contributed by atoms with van der Waals surface area (Å²) in [4.78, 5) is 4.56. The summed E-state index contributed by atoms with van der Waals surface area (Å²) in [5, 5.41) is 15.3. The number of para-hydroxylation sites is 1. The molecule has 3 aromatic rings. The van der Waals surface area contributed by atoms with E-state index in [0.29, 0.717) is 18.2 Å². The summed E-state index contributed by atoms with van der Waals surface area (Å²) in [5.74, 6) is 0.842. The lowest BCUT2D eigenvalue weighted by Crippen LogP contribution is -2.48. The summed E-state index contributed by atoms with van der Waals surface area (Å²) in [6, 6.07) is 16.9. The number of piperazine rings is 1. The average molecular weight is 517 g/mol. The van der Waals surface area contributed by atoms with E-state index in [9.17, 15) is 18.3 Å². The van der Waals surface area contributed by atoms with Crippen molar-refractivity contribution in [1.82, 2.24) is 19.6 Å². The molecule has 6 nitrogen and oxygen atoms in total. The number of nitrogens with zero attached hydrogens (tertiary/aromatic N) is 4. The van der Waals surface area contributed by atoms with Gasteiger partial charge in [0, 0.05) is 45.0 Å². The minimum atomic E-state index is -4.38. The number of hydrogen-bond acceptors (Lipinski definition) is 5. The Morgan fingerprint density at radius 3 is 2.22 bits per heavy atom. The van der Waals surface area contributed by atoms with Crippen LogP contribution in [-0.4, -0.2) is 70.1 Å². The van der Waals surface area contributed by atoms with Crippen molar-refractivity contribution in [3.8, 4) is 11.4 Å². The number of hydrogen-bond donors (Lipinski definition) is 1. The highest BCUT2D eigenvalue weighted by Crippen LogP contribution is 2.30. The lowest BCUT2D eigenvalue weighted by Gasteiger charge is -2.35. The highest BCUT2D eigenvalue weighted by atomic mass is 19.4. The van der Waals surface area contributed by atoms with E-state index in [0.717, 1.165) is 62.7 Å². The summed E-state index contributed by atoms with van der Waals surface area (Å²) in [7, 11) is 0. The molecule has 200 valence electrons. The number of alkyl halides is 3. The van der Waals surface area contributed by atoms with Crippen molar-refractivity contribution in [2.24, 2.45) is 5.92 Å². The van der Waals surface area contributed by atoms with Gasteiger partial charge in [-0.2, -0.15) is 18.3 Å². The van der Waals surface area contributed by atoms with Gasteiger partial charge in [0.05, 0.1) is 16.9 Å². The molecule has 0 aliphatic carbocycles. The smallest absolute Gasteiger partial charge is 0.416 e. The predicted molar refractivity (Wildman–Crippen MR) is 137 cm³/mol. The molecule has 1 fully saturated rings. The fourth-order valence-corrected chi connectivity index (χ4v) is 4.55. The summed E-state index contributed by atoms with van der Waals surface area (Å²) in [5.41, 5.74) is 2.62. The Bertz CT molecular complexity index is 1110. The molecule has 1 atom stereocenters. The molecule has 0 saturated carbocycles. The van der Waals surface area contributed by atoms with Gasteiger partial charge in [0.15, 0.2) is 0 Å². The van der Waals surface area contributed by atoms with Crippen molar-refractivity contribution < 1.29 is 23.0 Å². The monoisotopic (exact) mass is 516 g/mol. The van der Waals surface area contributed by atoms with Crippen molar-refractivity contribution in [1.29, 1.82) is 0 Å². The van der Waals surface area contributed by atoms with E-state index in [1.165, 1.54) is 17.8 Å². The zero-order chi connectivity index (χ0) is 26.4. The van der Waals surface area contributed by atoms with Gasteiger partial charge in [-0.3, -0.25) is 9.80 Å². The first-order valence-corrected chi connectivity index (χ1v) is 12.7. The molecule has 2 heterocycles. The van der Waals surface area contributed by atoms with E-state index in [2.05, 4.69) is 46.5 Å². The van der Waals surface area contributed by atoms with Gasteiger partial charge in [-0.15, -0.1) is 0 Å². The number of benzene rings is 2. The number of rotatable bonds is 10. The molecule has 1 aliphatic rings. The summed E-state index contributed by atoms with van der Waals surface area (Å²) < 4.78 is 45.6. The first kappa shape index (κ1) is 27.2. The topological polar surface area (TPSA) is 53.8 Å². The summed E-state index contributed by atoms with van der Waals surface area (Å²) in [6.45, 7) is 9.04. The highest BCUT2D eigenvalue weighted by molar-refractivity contribution is 5.33. The number of ether oxygens (including phenoxy) is 1. The van der Waals surface area contributed by atoms with Crippen molar-refractivity contribution in [3.63, 3.8) is 0 Å². The van der Waals surface area contributed by atoms with Crippen LogP contribution < -0.4 is 4.74 Å². The van der Waals surface area contributed by atoms with Gasteiger partial charge in [-0.05, 0) is 54.8 Å². The second-order valence-corrected chi connectivity index (χ2v) is 10.0. The second kappa shape index (κ2) is 12.1. The fraction of sp³-hybridized carbons (Fsp3) is 0.464. The molecule has 37 heavy (non-hydrogen) atoms. The van der Waals surface area contributed by atoms with Gasteiger partial charge >= 0.3 is 6.18 Å². The maximum Gasteiger partial charge on any atom is 0.416 e. The Balaban J connectivity index is 1.24. The van der Waals surface area contributed by atoms with Gasteiger partial charge in [-0.1, -0.05) is 32.0 Å². The van der Waals surface area contributed by atoms with Crippen LogP contribution in [0.3, 0.4) is 0 Å². The van der Waals surface area contributed by atoms with Crippen LogP contribution in [0.25, 0.3) is 5.69 Å². The molecular weight excluding hydrogens is 481 g/mol. The molecule has 0 bridgehead atoms. The van der Waals surface area contributed by atoms with Gasteiger partial charge in [-0.25, -0.2) is 4.68 Å². The van der Waals surface area contributed by atoms with Crippen molar-refractivity contribution in [3.05, 3.63) is 77.6 Å². The normalized spacial score (nSPS) is 16.3. The van der Waals surface area contributed by atoms with Crippen LogP contribution >= 0.6 is 0 Å². The van der Waals surface area contributed by atoms with E-state index in [-0.39, 0.29) is 6.61 Å². The molecular formula is C28H35F3N4O2. The third kappa shape index (κ3) is 7.80. The SMILES string of the molecule is CC(C)Cc1cc(CN2CCN(C[C@H](O)COc3ccc(C(F)(F)F)cc3)CC2)nn1-c1ccccc1. The van der Waals surface area contributed by atoms with Crippen LogP contribution in [0.5, 0.6) is 5.75 Å². The van der Waals surface area contributed by atoms with Crippen LogP contribution in [0, 0.1) is 5.92 Å². The van der Waals surface area contributed by atoms with E-state index >= 15 is 0 Å². The van der Waals surface area contributed by atoms with E-state index < -0.39 is 17.8 Å². The largest absolute Gasteiger partial charge is 0.491 e. The van der Waals surface area contributed by atoms with Gasteiger partial charge in [0.2, 0.25) is 0 Å². The van der Waals surface area contributed by atoms with Crippen molar-refractivity contribution in [2.45, 2.75) is 39.1 Å². The van der Waals surface area contributed by atoms with Crippen LogP contribution in [0.4, 0.5) is 13.2 Å². The molecule has 0 unspecified atom stereocenters. The Labute approximate surface area is 216 Å². The molecule has 1 N–H and O–H groups in total. The lowest BCUT2D eigenvalue weighted by atomic mass is 10.1. The number of aliphatic hydroxyl groups is 1. The van der Waals surface area contributed by atoms with Crippen LogP contribution in [0.2, 0.25) is 0 Å². The molecule has 0 spiro atoms. The van der Waals surface area contributed by atoms with Crippen molar-refractivity contribution >= 4 is 0 Å². The zero-order valence-corrected chi connectivity index (χ0v) is 21.4. The molecule has 9 heteroatoms. The van der Waals surface area contributed by atoms with E-state index in [4.69, 9.17) is 9.84 Å². The highest BCUT2D eigenvalue weighted by Gasteiger charge is 2.30. The lowest BCUT2D eigenvalue weighted by molar-refractivity contribution is -0.137. The number of aliphatic hydroxyl groups excluding tert-OH is 1. The maximum absolute atomic E-state index is 12.7. The van der Waals surface area contributed by atoms with Crippen molar-refractivity contribution in [2.75, 3.05) is 39.3 Å². The molecule has 1 aromatic heterocycles. The molecule has 4 rings (SSSR count). The number of halogens is 3. The predicted octanol–water partition coefficient (Wildman–Crippen LogP) is 4.65. The Morgan fingerprint density at radius 1 is 0.946 bits per heavy atom. The maximum atomic E-state index is 12.7. The third-order valence-electron chi connectivity index (χ3n) is 6.40. The quantitative estimate of drug-likeness (QED) is 0.425. The average Bonchev–Trinajstić information content (AvgIpc) is 3.25. The third-order valence-corrected chi connectivity index (χ3v) is 6.40. The van der Waals surface area contributed by atoms with E-state index in [1.807, 2.05) is 18.2 Å². The van der Waals surface area contributed by atoms with Crippen LogP contribution in [0.1, 0.15) is 30.8 Å². The van der Waals surface area contributed by atoms with E-state index in [1.54, 1.807) is 0 Å². The first-order chi connectivity index (χ1) is 17.7. The molecule has 0 amide bonds. The van der Waals surface area contributed by atoms with Gasteiger partial charge < -0.3 is 9.84 Å². The van der Waals surface area contributed by atoms with Crippen LogP contribution in [-0.2, 0) is 19.1 Å². The zero-order valence-electron chi connectivity index (χ0n) is 21.4. The van der Waals surface area contributed by atoms with Crippen LogP contribution in [0.15, 0.2) is 60.7 Å². The molecule has 2 aromatic carbocycles. The molecule has 1 aliphatic heterocycles. The Kier molecular flexibility index (Phi) is 8.89. The first-order valence-electron chi connectivity index (χ1n) is 12.7. The standard InChI is InChI=1S/C28H35F3N4O2/c1-21(2)16-25-17-23(32-35(25)24-6-4-3-5-7-24)18-33-12-14-34(15-13-33)19-26(36)20-37-27-10-8-22(9-11-27)28(29,30)31/h3-11,17,21,26,36H,12-16,18-20H2,1-2H3/t26-/m0/s1. The molecule has 1 saturated heterocycles. The molecule has 0 radical (unpaired) electrons. The summed E-state index contributed by atoms with van der Waals surface area (Å²) >= 11 is 0. The Hall–Kier alpha value is -2.88. The second-order valence-electron chi connectivity index (χ2n) is 10.0. The van der Waals surface area contributed by atoms with Gasteiger partial charge in [0.25, 0.3) is 0 Å².